The fourth-order valence-corrected chi connectivity index (χ4v) is 42.7. The molecule has 0 aromatic heterocycles. The van der Waals surface area contributed by atoms with Gasteiger partial charge in [0.2, 0.25) is 0 Å². The Morgan fingerprint density at radius 1 is 0.583 bits per heavy atom. The van der Waals surface area contributed by atoms with Crippen LogP contribution in [0.4, 0.5) is 0 Å². The van der Waals surface area contributed by atoms with Gasteiger partial charge in [0.25, 0.3) is 0 Å². The van der Waals surface area contributed by atoms with Crippen LogP contribution in [0.3, 0.4) is 0 Å². The van der Waals surface area contributed by atoms with Gasteiger partial charge >= 0.3 is 154 Å². The Bertz CT molecular complexity index is 424. The fraction of sp³-hybridized carbons (Fsp3) is 0.900. The molecule has 1 saturated heterocycles. The first-order valence-electron chi connectivity index (χ1n) is 10.5. The molecule has 0 aromatic carbocycles. The molecular weight excluding hydrogens is 417 g/mol. The minimum absolute atomic E-state index is 0.412. The molecule has 136 valence electrons. The van der Waals surface area contributed by atoms with Gasteiger partial charge in [0.1, 0.15) is 0 Å². The van der Waals surface area contributed by atoms with E-state index in [0.29, 0.717) is 11.8 Å². The summed E-state index contributed by atoms with van der Waals surface area (Å²) in [6, 6.07) is 0. The topological polar surface area (TPSA) is 34.1 Å². The molecule has 0 radical (unpaired) electrons. The van der Waals surface area contributed by atoms with Crippen LogP contribution in [-0.4, -0.2) is 35.8 Å². The van der Waals surface area contributed by atoms with Gasteiger partial charge in [0.05, 0.1) is 0 Å². The Balaban J connectivity index is 1.60. The van der Waals surface area contributed by atoms with E-state index in [9.17, 15) is 9.59 Å². The van der Waals surface area contributed by atoms with Crippen molar-refractivity contribution in [2.45, 2.75) is 96.7 Å². The second kappa shape index (κ2) is 7.98. The van der Waals surface area contributed by atoms with Gasteiger partial charge in [-0.3, -0.25) is 0 Å². The molecule has 0 aromatic rings. The summed E-state index contributed by atoms with van der Waals surface area (Å²) in [5.41, 5.74) is 0. The first kappa shape index (κ1) is 19.2. The first-order valence-corrected chi connectivity index (χ1v) is 22.8. The zero-order valence-corrected chi connectivity index (χ0v) is 20.1. The van der Waals surface area contributed by atoms with Crippen molar-refractivity contribution >= 4 is 35.8 Å². The van der Waals surface area contributed by atoms with Crippen molar-refractivity contribution in [1.82, 2.24) is 0 Å². The van der Waals surface area contributed by atoms with Crippen LogP contribution in [0, 0.1) is 11.8 Å². The second-order valence-corrected chi connectivity index (χ2v) is 28.9. The third kappa shape index (κ3) is 4.05. The van der Waals surface area contributed by atoms with Crippen LogP contribution in [0.5, 0.6) is 0 Å². The van der Waals surface area contributed by atoms with E-state index < -0.39 is 26.5 Å². The summed E-state index contributed by atoms with van der Waals surface area (Å²) in [6.07, 6.45) is 12.4. The standard InChI is InChI=1S/C20H36Ge2O2/c1-21(19(23)17-9-5-3-6-10-17)13-15-22(2,16-14-21)20(24)18-11-7-4-8-12-18/h17-18H,3-16H2,1-2H3. The molecule has 0 amide bonds. The summed E-state index contributed by atoms with van der Waals surface area (Å²) in [5, 5.41) is 4.79. The number of rotatable bonds is 4. The number of hydrogen-bond acceptors (Lipinski definition) is 2. The maximum absolute atomic E-state index is 13.2. The van der Waals surface area contributed by atoms with E-state index in [1.165, 1.54) is 85.2 Å². The molecule has 4 heteroatoms. The van der Waals surface area contributed by atoms with Gasteiger partial charge < -0.3 is 0 Å². The molecule has 1 aliphatic heterocycles. The molecule has 0 unspecified atom stereocenters. The molecule has 1 heterocycles. The molecule has 3 aliphatic rings. The van der Waals surface area contributed by atoms with Crippen molar-refractivity contribution in [2.24, 2.45) is 11.8 Å². The summed E-state index contributed by atoms with van der Waals surface area (Å²) >= 11 is -4.66. The van der Waals surface area contributed by atoms with Crippen LogP contribution in [-0.2, 0) is 9.59 Å². The molecule has 24 heavy (non-hydrogen) atoms. The third-order valence-corrected chi connectivity index (χ3v) is 30.1. The van der Waals surface area contributed by atoms with Crippen molar-refractivity contribution in [3.05, 3.63) is 0 Å². The average Bonchev–Trinajstić information content (AvgIpc) is 2.64. The molecule has 3 fully saturated rings. The molecular formula is C20H36Ge2O2. The summed E-state index contributed by atoms with van der Waals surface area (Å²) in [6.45, 7) is 0. The number of carbonyl (C=O) groups is 2. The van der Waals surface area contributed by atoms with Gasteiger partial charge in [-0.25, -0.2) is 0 Å². The van der Waals surface area contributed by atoms with Crippen LogP contribution in [0.1, 0.15) is 64.2 Å². The molecule has 2 saturated carbocycles. The van der Waals surface area contributed by atoms with Crippen molar-refractivity contribution in [3.63, 3.8) is 0 Å². The van der Waals surface area contributed by atoms with Crippen LogP contribution in [0.25, 0.3) is 0 Å². The van der Waals surface area contributed by atoms with Gasteiger partial charge in [0.15, 0.2) is 0 Å². The van der Waals surface area contributed by atoms with Crippen molar-refractivity contribution in [1.29, 1.82) is 0 Å². The Morgan fingerprint density at radius 3 is 1.17 bits per heavy atom. The second-order valence-electron chi connectivity index (χ2n) is 9.52. The van der Waals surface area contributed by atoms with Gasteiger partial charge in [-0.15, -0.1) is 0 Å². The summed E-state index contributed by atoms with van der Waals surface area (Å²) in [4.78, 5) is 26.4. The normalized spacial score (nSPS) is 36.4. The fourth-order valence-electron chi connectivity index (χ4n) is 5.56. The number of hydrogen-bond donors (Lipinski definition) is 0. The van der Waals surface area contributed by atoms with Crippen LogP contribution >= 0.6 is 0 Å². The molecule has 2 nitrogen and oxygen atoms in total. The van der Waals surface area contributed by atoms with Gasteiger partial charge in [-0.2, -0.15) is 0 Å². The molecule has 0 N–H and O–H groups in total. The zero-order valence-electron chi connectivity index (χ0n) is 15.9. The SMILES string of the molecule is [CH3][Ge]1([C](=O)C2CCCCC2)[CH2][CH2][Ge]([CH3])([C](=O)C2CCCCC2)[CH2][CH2]1. The van der Waals surface area contributed by atoms with E-state index in [4.69, 9.17) is 0 Å². The molecule has 0 bridgehead atoms. The van der Waals surface area contributed by atoms with E-state index in [1.54, 1.807) is 0 Å². The number of carbonyl (C=O) groups excluding carboxylic acids is 2. The Kier molecular flexibility index (Phi) is 6.38. The summed E-state index contributed by atoms with van der Waals surface area (Å²) in [5.74, 6) is 5.64. The minimum atomic E-state index is -2.33. The van der Waals surface area contributed by atoms with Gasteiger partial charge in [-0.1, -0.05) is 0 Å². The molecule has 3 rings (SSSR count). The molecule has 0 spiro atoms. The summed E-state index contributed by atoms with van der Waals surface area (Å²) in [7, 11) is 0. The van der Waals surface area contributed by atoms with Crippen LogP contribution in [0.15, 0.2) is 0 Å². The van der Waals surface area contributed by atoms with Crippen molar-refractivity contribution in [3.8, 4) is 0 Å². The Labute approximate surface area is 153 Å². The van der Waals surface area contributed by atoms with E-state index in [2.05, 4.69) is 11.5 Å². The molecule has 0 atom stereocenters. The zero-order chi connectivity index (χ0) is 17.2. The Hall–Kier alpha value is 0.426. The monoisotopic (exact) mass is 456 g/mol. The van der Waals surface area contributed by atoms with Crippen LogP contribution < -0.4 is 0 Å². The first-order chi connectivity index (χ1) is 11.4. The Morgan fingerprint density at radius 2 is 0.875 bits per heavy atom. The van der Waals surface area contributed by atoms with E-state index in [-0.39, 0.29) is 0 Å². The van der Waals surface area contributed by atoms with Crippen molar-refractivity contribution in [2.75, 3.05) is 0 Å². The quantitative estimate of drug-likeness (QED) is 0.524. The third-order valence-electron chi connectivity index (χ3n) is 7.60. The van der Waals surface area contributed by atoms with Crippen molar-refractivity contribution < 1.29 is 9.59 Å². The predicted molar refractivity (Wildman–Crippen MR) is 106 cm³/mol. The van der Waals surface area contributed by atoms with E-state index in [0.717, 1.165) is 9.23 Å². The predicted octanol–water partition coefficient (Wildman–Crippen LogP) is 5.53. The van der Waals surface area contributed by atoms with E-state index in [1.807, 2.05) is 0 Å². The summed E-state index contributed by atoms with van der Waals surface area (Å²) < 4.78 is 1.48. The van der Waals surface area contributed by atoms with E-state index >= 15 is 0 Å². The van der Waals surface area contributed by atoms with Gasteiger partial charge in [-0.05, 0) is 0 Å². The molecule has 2 aliphatic carbocycles. The van der Waals surface area contributed by atoms with Gasteiger partial charge in [0, 0.05) is 0 Å². The van der Waals surface area contributed by atoms with Crippen LogP contribution in [0.2, 0.25) is 32.5 Å². The maximum atomic E-state index is 13.2. The average molecular weight is 454 g/mol.